The fraction of sp³-hybridized carbons (Fsp3) is 0.0526. The van der Waals surface area contributed by atoms with Crippen molar-refractivity contribution < 1.29 is 0 Å². The second-order valence-corrected chi connectivity index (χ2v) is 15.6. The molecular weight excluding hydrogens is 727 g/mol. The molecule has 0 unspecified atom stereocenters. The molecule has 9 aromatic carbocycles. The van der Waals surface area contributed by atoms with Crippen molar-refractivity contribution in [1.29, 1.82) is 0 Å². The Morgan fingerprint density at radius 3 is 1.20 bits per heavy atom. The lowest BCUT2D eigenvalue weighted by atomic mass is 9.62. The average molecular weight is 772 g/mol. The maximum absolute atomic E-state index is 2.45. The van der Waals surface area contributed by atoms with Gasteiger partial charge in [-0.1, -0.05) is 151 Å². The predicted molar refractivity (Wildman–Crippen MR) is 252 cm³/mol. The smallest absolute Gasteiger partial charge is 0.0743 e. The SMILES string of the molecule is Cc1ccc(N2c3ccccc3C(c3cccc(N(c4ccccc4)c4ccccc4)c3)(c3cccc(N(c4ccccc4)c4ccccc4)c3)c3cc(C)ccc32)cc1. The third-order valence-corrected chi connectivity index (χ3v) is 11.8. The molecule has 0 aromatic heterocycles. The number of para-hydroxylation sites is 5. The number of anilines is 9. The van der Waals surface area contributed by atoms with E-state index in [-0.39, 0.29) is 0 Å². The molecule has 0 N–H and O–H groups in total. The van der Waals surface area contributed by atoms with Crippen molar-refractivity contribution in [2.75, 3.05) is 14.7 Å². The fourth-order valence-electron chi connectivity index (χ4n) is 9.13. The minimum atomic E-state index is -0.733. The third-order valence-electron chi connectivity index (χ3n) is 11.8. The summed E-state index contributed by atoms with van der Waals surface area (Å²) in [5, 5.41) is 0. The standard InChI is InChI=1S/C57H45N3/c1-42-33-36-50(37-34-42)60-55-32-16-15-31-53(55)57(54-39-43(2)35-38-56(54)60,44-19-17-29-51(40-44)58(46-21-7-3-8-22-46)47-23-9-4-10-24-47)45-20-18-30-52(41-45)59(48-25-11-5-12-26-48)49-27-13-6-14-28-49/h3-41H,1-2H3. The van der Waals surface area contributed by atoms with Crippen molar-refractivity contribution in [2.24, 2.45) is 0 Å². The highest BCUT2D eigenvalue weighted by molar-refractivity contribution is 5.91. The van der Waals surface area contributed by atoms with Crippen molar-refractivity contribution in [3.05, 3.63) is 270 Å². The highest BCUT2D eigenvalue weighted by Gasteiger charge is 2.47. The Balaban J connectivity index is 1.29. The van der Waals surface area contributed by atoms with Crippen LogP contribution in [-0.2, 0) is 5.41 Å². The van der Waals surface area contributed by atoms with E-state index < -0.39 is 5.41 Å². The van der Waals surface area contributed by atoms with Crippen LogP contribution >= 0.6 is 0 Å². The van der Waals surface area contributed by atoms with Gasteiger partial charge in [0.05, 0.1) is 16.8 Å². The van der Waals surface area contributed by atoms with Crippen LogP contribution in [0.25, 0.3) is 0 Å². The topological polar surface area (TPSA) is 9.72 Å². The van der Waals surface area contributed by atoms with Gasteiger partial charge in [0.25, 0.3) is 0 Å². The Morgan fingerprint density at radius 1 is 0.317 bits per heavy atom. The largest absolute Gasteiger partial charge is 0.310 e. The molecule has 0 amide bonds. The minimum Gasteiger partial charge on any atom is -0.310 e. The van der Waals surface area contributed by atoms with Crippen molar-refractivity contribution in [3.63, 3.8) is 0 Å². The maximum atomic E-state index is 2.45. The highest BCUT2D eigenvalue weighted by Crippen LogP contribution is 2.59. The van der Waals surface area contributed by atoms with Gasteiger partial charge in [0.2, 0.25) is 0 Å². The van der Waals surface area contributed by atoms with Crippen LogP contribution in [0.15, 0.2) is 237 Å². The van der Waals surface area contributed by atoms with E-state index in [1.165, 1.54) is 33.4 Å². The molecule has 10 rings (SSSR count). The molecule has 1 aliphatic rings. The van der Waals surface area contributed by atoms with E-state index in [2.05, 4.69) is 265 Å². The summed E-state index contributed by atoms with van der Waals surface area (Å²) in [6, 6.07) is 86.2. The Bertz CT molecular complexity index is 2680. The normalized spacial score (nSPS) is 12.6. The number of nitrogens with zero attached hydrogens (tertiary/aromatic N) is 3. The van der Waals surface area contributed by atoms with Crippen molar-refractivity contribution in [2.45, 2.75) is 19.3 Å². The molecule has 0 spiro atoms. The Kier molecular flexibility index (Phi) is 9.55. The molecule has 0 saturated heterocycles. The fourth-order valence-corrected chi connectivity index (χ4v) is 9.13. The molecule has 0 aliphatic carbocycles. The molecule has 9 aromatic rings. The van der Waals surface area contributed by atoms with Crippen LogP contribution in [0.3, 0.4) is 0 Å². The number of aryl methyl sites for hydroxylation is 2. The van der Waals surface area contributed by atoms with Crippen LogP contribution in [0.5, 0.6) is 0 Å². The first-order valence-corrected chi connectivity index (χ1v) is 20.7. The monoisotopic (exact) mass is 771 g/mol. The number of fused-ring (bicyclic) bond motifs is 2. The van der Waals surface area contributed by atoms with Crippen LogP contribution in [0.4, 0.5) is 51.2 Å². The second kappa shape index (κ2) is 15.6. The number of benzene rings is 9. The van der Waals surface area contributed by atoms with E-state index in [1.54, 1.807) is 0 Å². The van der Waals surface area contributed by atoms with E-state index in [0.717, 1.165) is 51.2 Å². The van der Waals surface area contributed by atoms with Crippen LogP contribution in [0, 0.1) is 13.8 Å². The van der Waals surface area contributed by atoms with Gasteiger partial charge < -0.3 is 14.7 Å². The highest BCUT2D eigenvalue weighted by atomic mass is 15.2. The lowest BCUT2D eigenvalue weighted by Gasteiger charge is -2.47. The van der Waals surface area contributed by atoms with Gasteiger partial charge in [-0.2, -0.15) is 0 Å². The molecule has 0 bridgehead atoms. The molecule has 60 heavy (non-hydrogen) atoms. The molecule has 0 radical (unpaired) electrons. The zero-order valence-corrected chi connectivity index (χ0v) is 33.9. The number of hydrogen-bond acceptors (Lipinski definition) is 3. The first-order chi connectivity index (χ1) is 29.6. The summed E-state index contributed by atoms with van der Waals surface area (Å²) in [6.45, 7) is 4.37. The van der Waals surface area contributed by atoms with E-state index in [9.17, 15) is 0 Å². The lowest BCUT2D eigenvalue weighted by molar-refractivity contribution is 0.730. The minimum absolute atomic E-state index is 0.733. The Hall–Kier alpha value is -7.62. The van der Waals surface area contributed by atoms with Crippen molar-refractivity contribution >= 4 is 51.2 Å². The van der Waals surface area contributed by atoms with E-state index >= 15 is 0 Å². The summed E-state index contributed by atoms with van der Waals surface area (Å²) in [5.41, 5.74) is 16.5. The molecular formula is C57H45N3. The Morgan fingerprint density at radius 2 is 0.717 bits per heavy atom. The van der Waals surface area contributed by atoms with Gasteiger partial charge in [-0.05, 0) is 133 Å². The molecule has 1 aliphatic heterocycles. The van der Waals surface area contributed by atoms with Crippen LogP contribution < -0.4 is 14.7 Å². The summed E-state index contributed by atoms with van der Waals surface area (Å²) < 4.78 is 0. The van der Waals surface area contributed by atoms with Crippen LogP contribution in [-0.4, -0.2) is 0 Å². The summed E-state index contributed by atoms with van der Waals surface area (Å²) in [4.78, 5) is 7.19. The predicted octanol–water partition coefficient (Wildman–Crippen LogP) is 15.4. The van der Waals surface area contributed by atoms with Gasteiger partial charge in [-0.3, -0.25) is 0 Å². The lowest BCUT2D eigenvalue weighted by Crippen LogP contribution is -2.38. The Labute approximate surface area is 353 Å². The van der Waals surface area contributed by atoms with Gasteiger partial charge >= 0.3 is 0 Å². The molecule has 288 valence electrons. The second-order valence-electron chi connectivity index (χ2n) is 15.6. The summed E-state index contributed by atoms with van der Waals surface area (Å²) in [5.74, 6) is 0. The van der Waals surface area contributed by atoms with Crippen molar-refractivity contribution in [3.8, 4) is 0 Å². The first kappa shape index (κ1) is 36.7. The molecule has 0 fully saturated rings. The van der Waals surface area contributed by atoms with Gasteiger partial charge in [0.1, 0.15) is 0 Å². The van der Waals surface area contributed by atoms with Gasteiger partial charge in [-0.15, -0.1) is 0 Å². The van der Waals surface area contributed by atoms with Gasteiger partial charge in [0.15, 0.2) is 0 Å². The molecule has 3 nitrogen and oxygen atoms in total. The quantitative estimate of drug-likeness (QED) is 0.145. The molecule has 3 heteroatoms. The first-order valence-electron chi connectivity index (χ1n) is 20.7. The number of rotatable bonds is 9. The van der Waals surface area contributed by atoms with E-state index in [0.29, 0.717) is 0 Å². The van der Waals surface area contributed by atoms with Crippen molar-refractivity contribution in [1.82, 2.24) is 0 Å². The van der Waals surface area contributed by atoms with Gasteiger partial charge in [0, 0.05) is 39.8 Å². The summed E-state index contributed by atoms with van der Waals surface area (Å²) >= 11 is 0. The zero-order chi connectivity index (χ0) is 40.5. The van der Waals surface area contributed by atoms with Gasteiger partial charge in [-0.25, -0.2) is 0 Å². The maximum Gasteiger partial charge on any atom is 0.0743 e. The van der Waals surface area contributed by atoms with E-state index in [4.69, 9.17) is 0 Å². The van der Waals surface area contributed by atoms with Crippen LogP contribution in [0.1, 0.15) is 33.4 Å². The molecule has 0 saturated carbocycles. The zero-order valence-electron chi connectivity index (χ0n) is 33.9. The summed E-state index contributed by atoms with van der Waals surface area (Å²) in [6.07, 6.45) is 0. The summed E-state index contributed by atoms with van der Waals surface area (Å²) in [7, 11) is 0. The van der Waals surface area contributed by atoms with Crippen LogP contribution in [0.2, 0.25) is 0 Å². The third kappa shape index (κ3) is 6.42. The molecule has 0 atom stereocenters. The number of hydrogen-bond donors (Lipinski definition) is 0. The average Bonchev–Trinajstić information content (AvgIpc) is 3.30. The molecule has 1 heterocycles. The van der Waals surface area contributed by atoms with E-state index in [1.807, 2.05) is 0 Å².